The van der Waals surface area contributed by atoms with E-state index in [0.29, 0.717) is 16.7 Å². The summed E-state index contributed by atoms with van der Waals surface area (Å²) in [7, 11) is -4.06. The highest BCUT2D eigenvalue weighted by Crippen LogP contribution is 2.30. The molecule has 8 heteroatoms. The number of carbonyl (C=O) groups excluding carboxylic acids is 1. The Labute approximate surface area is 140 Å². The van der Waals surface area contributed by atoms with Crippen molar-refractivity contribution in [3.8, 4) is 11.1 Å². The van der Waals surface area contributed by atoms with Crippen molar-refractivity contribution in [3.05, 3.63) is 53.1 Å². The molecule has 6 N–H and O–H groups in total. The smallest absolute Gasteiger partial charge is 0.280 e. The van der Waals surface area contributed by atoms with Crippen LogP contribution in [0.25, 0.3) is 11.1 Å². The maximum atomic E-state index is 12.1. The lowest BCUT2D eigenvalue weighted by Gasteiger charge is -2.12. The van der Waals surface area contributed by atoms with E-state index in [4.69, 9.17) is 16.6 Å². The topological polar surface area (TPSA) is 142 Å². The SMILES string of the molecule is Cc1ccc(-c2cc(C)c(C(=O)N=C(N)N)cc2S(N)(=O)=O)cc1. The highest BCUT2D eigenvalue weighted by atomic mass is 32.2. The minimum absolute atomic E-state index is 0.0725. The van der Waals surface area contributed by atoms with Crippen molar-refractivity contribution in [2.75, 3.05) is 0 Å². The number of carbonyl (C=O) groups is 1. The largest absolute Gasteiger partial charge is 0.370 e. The molecule has 2 aromatic carbocycles. The Balaban J connectivity index is 2.74. The third kappa shape index (κ3) is 3.79. The van der Waals surface area contributed by atoms with Crippen molar-refractivity contribution >= 4 is 21.9 Å². The van der Waals surface area contributed by atoms with Gasteiger partial charge in [-0.1, -0.05) is 29.8 Å². The number of nitrogens with two attached hydrogens (primary N) is 3. The Morgan fingerprint density at radius 1 is 1.04 bits per heavy atom. The predicted octanol–water partition coefficient (Wildman–Crippen LogP) is 1.03. The molecule has 0 bridgehead atoms. The minimum Gasteiger partial charge on any atom is -0.370 e. The van der Waals surface area contributed by atoms with Crippen LogP contribution < -0.4 is 16.6 Å². The molecular formula is C16H18N4O3S. The quantitative estimate of drug-likeness (QED) is 0.562. The van der Waals surface area contributed by atoms with E-state index in [0.717, 1.165) is 5.56 Å². The molecule has 0 radical (unpaired) electrons. The van der Waals surface area contributed by atoms with Gasteiger partial charge in [0.1, 0.15) is 0 Å². The van der Waals surface area contributed by atoms with Gasteiger partial charge in [-0.25, -0.2) is 13.6 Å². The first-order chi connectivity index (χ1) is 11.1. The lowest BCUT2D eigenvalue weighted by Crippen LogP contribution is -2.24. The highest BCUT2D eigenvalue weighted by molar-refractivity contribution is 7.89. The first kappa shape index (κ1) is 17.6. The number of aryl methyl sites for hydroxylation is 2. The zero-order chi connectivity index (χ0) is 18.1. The first-order valence-electron chi connectivity index (χ1n) is 6.98. The van der Waals surface area contributed by atoms with Gasteiger partial charge in [-0.05, 0) is 37.1 Å². The molecule has 0 spiro atoms. The fourth-order valence-corrected chi connectivity index (χ4v) is 3.06. The monoisotopic (exact) mass is 346 g/mol. The molecule has 0 aliphatic rings. The van der Waals surface area contributed by atoms with Crippen LogP contribution in [0.5, 0.6) is 0 Å². The van der Waals surface area contributed by atoms with Crippen molar-refractivity contribution in [3.63, 3.8) is 0 Å². The van der Waals surface area contributed by atoms with Crippen LogP contribution in [-0.2, 0) is 10.0 Å². The Bertz CT molecular complexity index is 929. The number of guanidine groups is 1. The number of nitrogens with zero attached hydrogens (tertiary/aromatic N) is 1. The van der Waals surface area contributed by atoms with Crippen LogP contribution in [0.2, 0.25) is 0 Å². The number of benzene rings is 2. The molecule has 0 unspecified atom stereocenters. The van der Waals surface area contributed by atoms with E-state index in [9.17, 15) is 13.2 Å². The molecule has 0 fully saturated rings. The zero-order valence-corrected chi connectivity index (χ0v) is 14.1. The molecule has 0 saturated heterocycles. The van der Waals surface area contributed by atoms with Crippen molar-refractivity contribution in [1.82, 2.24) is 0 Å². The molecule has 2 aromatic rings. The van der Waals surface area contributed by atoms with Gasteiger partial charge in [-0.15, -0.1) is 0 Å². The second-order valence-corrected chi connectivity index (χ2v) is 6.95. The molecule has 0 aliphatic carbocycles. The summed E-state index contributed by atoms with van der Waals surface area (Å²) in [5, 5.41) is 5.32. The van der Waals surface area contributed by atoms with E-state index in [-0.39, 0.29) is 10.5 Å². The zero-order valence-electron chi connectivity index (χ0n) is 13.3. The first-order valence-corrected chi connectivity index (χ1v) is 8.52. The Morgan fingerprint density at radius 2 is 1.62 bits per heavy atom. The van der Waals surface area contributed by atoms with Crippen LogP contribution in [0.4, 0.5) is 0 Å². The van der Waals surface area contributed by atoms with Crippen LogP contribution in [0.1, 0.15) is 21.5 Å². The number of sulfonamides is 1. The summed E-state index contributed by atoms with van der Waals surface area (Å²) >= 11 is 0. The number of hydrogen-bond donors (Lipinski definition) is 3. The van der Waals surface area contributed by atoms with Crippen LogP contribution in [0.3, 0.4) is 0 Å². The van der Waals surface area contributed by atoms with Gasteiger partial charge in [-0.2, -0.15) is 4.99 Å². The summed E-state index contributed by atoms with van der Waals surface area (Å²) in [6.45, 7) is 3.59. The molecular weight excluding hydrogens is 328 g/mol. The lowest BCUT2D eigenvalue weighted by atomic mass is 9.98. The summed E-state index contributed by atoms with van der Waals surface area (Å²) in [5.41, 5.74) is 13.1. The van der Waals surface area contributed by atoms with Gasteiger partial charge in [0, 0.05) is 11.1 Å². The van der Waals surface area contributed by atoms with Gasteiger partial charge in [-0.3, -0.25) is 4.79 Å². The van der Waals surface area contributed by atoms with Gasteiger partial charge in [0.15, 0.2) is 5.96 Å². The molecule has 0 aliphatic heterocycles. The number of rotatable bonds is 3. The van der Waals surface area contributed by atoms with E-state index >= 15 is 0 Å². The second-order valence-electron chi connectivity index (χ2n) is 5.42. The molecule has 0 saturated carbocycles. The molecule has 7 nitrogen and oxygen atoms in total. The lowest BCUT2D eigenvalue weighted by molar-refractivity contribution is 0.100. The summed E-state index contributed by atoms with van der Waals surface area (Å²) in [6, 6.07) is 10.1. The fourth-order valence-electron chi connectivity index (χ4n) is 2.29. The van der Waals surface area contributed by atoms with Crippen LogP contribution >= 0.6 is 0 Å². The van der Waals surface area contributed by atoms with Crippen molar-refractivity contribution in [2.24, 2.45) is 21.6 Å². The molecule has 0 aromatic heterocycles. The third-order valence-corrected chi connectivity index (χ3v) is 4.41. The fraction of sp³-hybridized carbons (Fsp3) is 0.125. The van der Waals surface area contributed by atoms with Gasteiger partial charge >= 0.3 is 0 Å². The summed E-state index contributed by atoms with van der Waals surface area (Å²) in [6.07, 6.45) is 0. The number of amides is 1. The summed E-state index contributed by atoms with van der Waals surface area (Å²) in [4.78, 5) is 15.3. The molecule has 24 heavy (non-hydrogen) atoms. The van der Waals surface area contributed by atoms with Crippen molar-refractivity contribution in [1.29, 1.82) is 0 Å². The normalized spacial score (nSPS) is 11.1. The van der Waals surface area contributed by atoms with E-state index < -0.39 is 21.9 Å². The summed E-state index contributed by atoms with van der Waals surface area (Å²) < 4.78 is 24.0. The Morgan fingerprint density at radius 3 is 2.12 bits per heavy atom. The molecule has 0 atom stereocenters. The minimum atomic E-state index is -4.06. The average Bonchev–Trinajstić information content (AvgIpc) is 2.45. The number of aliphatic imine (C=N–C) groups is 1. The van der Waals surface area contributed by atoms with E-state index in [1.807, 2.05) is 19.1 Å². The third-order valence-electron chi connectivity index (χ3n) is 3.46. The van der Waals surface area contributed by atoms with Crippen LogP contribution in [0.15, 0.2) is 46.3 Å². The van der Waals surface area contributed by atoms with Crippen molar-refractivity contribution in [2.45, 2.75) is 18.7 Å². The van der Waals surface area contributed by atoms with E-state index in [1.54, 1.807) is 25.1 Å². The molecule has 2 rings (SSSR count). The standard InChI is InChI=1S/C16H18N4O3S/c1-9-3-5-11(6-4-9)13-7-10(2)12(15(21)20-16(17)18)8-14(13)24(19,22)23/h3-8H,1-2H3,(H2,19,22,23)(H4,17,18,20,21). The Hall–Kier alpha value is -2.71. The maximum absolute atomic E-state index is 12.1. The molecule has 126 valence electrons. The van der Waals surface area contributed by atoms with E-state index in [1.165, 1.54) is 6.07 Å². The summed E-state index contributed by atoms with van der Waals surface area (Å²) in [5.74, 6) is -1.13. The maximum Gasteiger partial charge on any atom is 0.280 e. The molecule has 1 amide bonds. The Kier molecular flexibility index (Phi) is 4.72. The second kappa shape index (κ2) is 6.42. The van der Waals surface area contributed by atoms with Gasteiger partial charge < -0.3 is 11.5 Å². The van der Waals surface area contributed by atoms with Gasteiger partial charge in [0.25, 0.3) is 5.91 Å². The van der Waals surface area contributed by atoms with Crippen molar-refractivity contribution < 1.29 is 13.2 Å². The highest BCUT2D eigenvalue weighted by Gasteiger charge is 2.20. The van der Waals surface area contributed by atoms with Gasteiger partial charge in [0.05, 0.1) is 4.90 Å². The van der Waals surface area contributed by atoms with E-state index in [2.05, 4.69) is 4.99 Å². The molecule has 0 heterocycles. The average molecular weight is 346 g/mol. The predicted molar refractivity (Wildman–Crippen MR) is 92.9 cm³/mol. The number of primary sulfonamides is 1. The van der Waals surface area contributed by atoms with Crippen LogP contribution in [-0.4, -0.2) is 20.3 Å². The number of hydrogen-bond acceptors (Lipinski definition) is 3. The van der Waals surface area contributed by atoms with Crippen LogP contribution in [0, 0.1) is 13.8 Å². The van der Waals surface area contributed by atoms with Gasteiger partial charge in [0.2, 0.25) is 10.0 Å².